The van der Waals surface area contributed by atoms with Crippen molar-refractivity contribution in [2.45, 2.75) is 19.4 Å². The van der Waals surface area contributed by atoms with Crippen LogP contribution in [0.25, 0.3) is 0 Å². The van der Waals surface area contributed by atoms with Gasteiger partial charge in [-0.2, -0.15) is 0 Å². The van der Waals surface area contributed by atoms with Gasteiger partial charge in [0, 0.05) is 18.7 Å². The van der Waals surface area contributed by atoms with Crippen molar-refractivity contribution in [2.24, 2.45) is 0 Å². The summed E-state index contributed by atoms with van der Waals surface area (Å²) in [4.78, 5) is 22.4. The molecule has 0 aliphatic carbocycles. The molecule has 0 saturated carbocycles. The summed E-state index contributed by atoms with van der Waals surface area (Å²) in [7, 11) is 0. The molecule has 1 aromatic rings. The number of amides is 2. The van der Waals surface area contributed by atoms with Gasteiger partial charge in [-0.3, -0.25) is 0 Å². The van der Waals surface area contributed by atoms with Gasteiger partial charge in [-0.05, 0) is 24.6 Å². The number of aliphatic hydroxyl groups excluding tert-OH is 1. The quantitative estimate of drug-likeness (QED) is 0.643. The molecule has 0 bridgehead atoms. The number of anilines is 1. The van der Waals surface area contributed by atoms with Crippen LogP contribution in [-0.2, 0) is 4.79 Å². The molecule has 7 heteroatoms. The fourth-order valence-corrected chi connectivity index (χ4v) is 1.43. The van der Waals surface area contributed by atoms with Crippen LogP contribution in [0, 0.1) is 12.7 Å². The van der Waals surface area contributed by atoms with Gasteiger partial charge in [0.1, 0.15) is 11.9 Å². The van der Waals surface area contributed by atoms with Crippen molar-refractivity contribution >= 4 is 17.7 Å². The van der Waals surface area contributed by atoms with Crippen molar-refractivity contribution in [1.82, 2.24) is 5.32 Å². The van der Waals surface area contributed by atoms with Crippen molar-refractivity contribution in [1.29, 1.82) is 0 Å². The minimum Gasteiger partial charge on any atom is -0.480 e. The van der Waals surface area contributed by atoms with Gasteiger partial charge >= 0.3 is 12.0 Å². The standard InChI is InChI=1S/C12H15FN2O4/c1-7-2-3-8(13)6-10(7)15-12(19)14-9(4-5-16)11(17)18/h2-3,6,9,16H,4-5H2,1H3,(H,17,18)(H2,14,15,19)/t9-/m0/s1. The Bertz CT molecular complexity index is 479. The Morgan fingerprint density at radius 1 is 1.42 bits per heavy atom. The Morgan fingerprint density at radius 2 is 2.11 bits per heavy atom. The molecule has 0 fully saturated rings. The molecule has 1 atom stereocenters. The van der Waals surface area contributed by atoms with Gasteiger partial charge in [0.25, 0.3) is 0 Å². The molecule has 1 rings (SSSR count). The van der Waals surface area contributed by atoms with Crippen LogP contribution >= 0.6 is 0 Å². The number of aliphatic carboxylic acids is 1. The summed E-state index contributed by atoms with van der Waals surface area (Å²) in [5.74, 6) is -1.76. The highest BCUT2D eigenvalue weighted by Gasteiger charge is 2.19. The summed E-state index contributed by atoms with van der Waals surface area (Å²) < 4.78 is 13.0. The second-order valence-electron chi connectivity index (χ2n) is 3.96. The number of aliphatic hydroxyl groups is 1. The van der Waals surface area contributed by atoms with Crippen molar-refractivity contribution in [3.63, 3.8) is 0 Å². The molecule has 19 heavy (non-hydrogen) atoms. The van der Waals surface area contributed by atoms with E-state index in [9.17, 15) is 14.0 Å². The van der Waals surface area contributed by atoms with E-state index >= 15 is 0 Å². The number of rotatable bonds is 5. The molecular weight excluding hydrogens is 255 g/mol. The van der Waals surface area contributed by atoms with E-state index in [0.717, 1.165) is 6.07 Å². The molecule has 6 nitrogen and oxygen atoms in total. The van der Waals surface area contributed by atoms with Crippen LogP contribution in [0.5, 0.6) is 0 Å². The van der Waals surface area contributed by atoms with Crippen LogP contribution in [0.1, 0.15) is 12.0 Å². The molecule has 4 N–H and O–H groups in total. The molecule has 0 aliphatic heterocycles. The van der Waals surface area contributed by atoms with Crippen LogP contribution < -0.4 is 10.6 Å². The summed E-state index contributed by atoms with van der Waals surface area (Å²) in [6.07, 6.45) is -0.106. The molecular formula is C12H15FN2O4. The van der Waals surface area contributed by atoms with E-state index in [-0.39, 0.29) is 18.7 Å². The van der Waals surface area contributed by atoms with Crippen molar-refractivity contribution < 1.29 is 24.2 Å². The Kier molecular flexibility index (Phi) is 5.25. The third kappa shape index (κ3) is 4.55. The molecule has 0 aromatic heterocycles. The normalized spacial score (nSPS) is 11.7. The number of carboxylic acid groups (broad SMARTS) is 1. The largest absolute Gasteiger partial charge is 0.480 e. The number of carbonyl (C=O) groups is 2. The van der Waals surface area contributed by atoms with Crippen LogP contribution in [0.2, 0.25) is 0 Å². The molecule has 0 spiro atoms. The van der Waals surface area contributed by atoms with E-state index in [1.54, 1.807) is 6.92 Å². The van der Waals surface area contributed by atoms with E-state index in [0.29, 0.717) is 5.56 Å². The van der Waals surface area contributed by atoms with Gasteiger partial charge in [0.15, 0.2) is 0 Å². The van der Waals surface area contributed by atoms with Crippen LogP contribution in [0.4, 0.5) is 14.9 Å². The Balaban J connectivity index is 2.68. The number of halogens is 1. The number of hydrogen-bond acceptors (Lipinski definition) is 3. The Labute approximate surface area is 109 Å². The van der Waals surface area contributed by atoms with Gasteiger partial charge in [-0.25, -0.2) is 14.0 Å². The monoisotopic (exact) mass is 270 g/mol. The number of hydrogen-bond donors (Lipinski definition) is 4. The average Bonchev–Trinajstić information content (AvgIpc) is 2.33. The van der Waals surface area contributed by atoms with E-state index in [4.69, 9.17) is 10.2 Å². The Morgan fingerprint density at radius 3 is 2.68 bits per heavy atom. The second kappa shape index (κ2) is 6.69. The molecule has 0 radical (unpaired) electrons. The lowest BCUT2D eigenvalue weighted by molar-refractivity contribution is -0.139. The highest BCUT2D eigenvalue weighted by Crippen LogP contribution is 2.15. The van der Waals surface area contributed by atoms with Crippen LogP contribution in [0.15, 0.2) is 18.2 Å². The smallest absolute Gasteiger partial charge is 0.326 e. The topological polar surface area (TPSA) is 98.7 Å². The van der Waals surface area contributed by atoms with Crippen LogP contribution in [-0.4, -0.2) is 34.9 Å². The molecule has 0 unspecified atom stereocenters. The molecule has 0 heterocycles. The minimum atomic E-state index is -1.25. The van der Waals surface area contributed by atoms with Gasteiger partial charge in [-0.15, -0.1) is 0 Å². The number of aryl methyl sites for hydroxylation is 1. The zero-order chi connectivity index (χ0) is 14.4. The first kappa shape index (κ1) is 14.9. The maximum absolute atomic E-state index is 13.0. The van der Waals surface area contributed by atoms with Crippen molar-refractivity contribution in [3.8, 4) is 0 Å². The summed E-state index contributed by atoms with van der Waals surface area (Å²) >= 11 is 0. The fourth-order valence-electron chi connectivity index (χ4n) is 1.43. The SMILES string of the molecule is Cc1ccc(F)cc1NC(=O)N[C@@H](CCO)C(=O)O. The maximum Gasteiger partial charge on any atom is 0.326 e. The summed E-state index contributed by atoms with van der Waals surface area (Å²) in [5.41, 5.74) is 0.899. The van der Waals surface area contributed by atoms with Crippen LogP contribution in [0.3, 0.4) is 0 Å². The first-order valence-corrected chi connectivity index (χ1v) is 5.61. The molecule has 0 aliphatic rings. The molecule has 0 saturated heterocycles. The zero-order valence-corrected chi connectivity index (χ0v) is 10.3. The minimum absolute atomic E-state index is 0.106. The highest BCUT2D eigenvalue weighted by molar-refractivity contribution is 5.92. The molecule has 1 aromatic carbocycles. The number of carbonyl (C=O) groups excluding carboxylic acids is 1. The number of nitrogens with one attached hydrogen (secondary N) is 2. The van der Waals surface area contributed by atoms with Gasteiger partial charge in [0.05, 0.1) is 0 Å². The van der Waals surface area contributed by atoms with E-state index in [1.165, 1.54) is 12.1 Å². The zero-order valence-electron chi connectivity index (χ0n) is 10.3. The average molecular weight is 270 g/mol. The van der Waals surface area contributed by atoms with Crippen molar-refractivity contribution in [2.75, 3.05) is 11.9 Å². The predicted molar refractivity (Wildman–Crippen MR) is 66.4 cm³/mol. The van der Waals surface area contributed by atoms with Gasteiger partial charge in [-0.1, -0.05) is 6.07 Å². The lowest BCUT2D eigenvalue weighted by Gasteiger charge is -2.15. The van der Waals surface area contributed by atoms with Gasteiger partial charge < -0.3 is 20.8 Å². The third-order valence-corrected chi connectivity index (χ3v) is 2.47. The van der Waals surface area contributed by atoms with E-state index < -0.39 is 23.9 Å². The molecule has 2 amide bonds. The number of carboxylic acids is 1. The maximum atomic E-state index is 13.0. The lowest BCUT2D eigenvalue weighted by Crippen LogP contribution is -2.43. The van der Waals surface area contributed by atoms with E-state index in [1.807, 2.05) is 0 Å². The summed E-state index contributed by atoms with van der Waals surface area (Å²) in [6.45, 7) is 1.31. The third-order valence-electron chi connectivity index (χ3n) is 2.47. The number of benzene rings is 1. The second-order valence-corrected chi connectivity index (χ2v) is 3.96. The predicted octanol–water partition coefficient (Wildman–Crippen LogP) is 1.09. The lowest BCUT2D eigenvalue weighted by atomic mass is 10.2. The van der Waals surface area contributed by atoms with E-state index in [2.05, 4.69) is 10.6 Å². The van der Waals surface area contributed by atoms with Crippen molar-refractivity contribution in [3.05, 3.63) is 29.6 Å². The summed E-state index contributed by atoms with van der Waals surface area (Å²) in [5, 5.41) is 22.0. The summed E-state index contributed by atoms with van der Waals surface area (Å²) in [6, 6.07) is 1.92. The highest BCUT2D eigenvalue weighted by atomic mass is 19.1. The first-order chi connectivity index (χ1) is 8.93. The molecule has 104 valence electrons. The fraction of sp³-hybridized carbons (Fsp3) is 0.333. The number of urea groups is 1. The first-order valence-electron chi connectivity index (χ1n) is 5.61. The Hall–Kier alpha value is -2.15. The van der Waals surface area contributed by atoms with Gasteiger partial charge in [0.2, 0.25) is 0 Å².